The summed E-state index contributed by atoms with van der Waals surface area (Å²) in [7, 11) is 0. The fourth-order valence-corrected chi connectivity index (χ4v) is 4.20. The van der Waals surface area contributed by atoms with Gasteiger partial charge in [0.1, 0.15) is 0 Å². The summed E-state index contributed by atoms with van der Waals surface area (Å²) in [6, 6.07) is 10.3. The van der Waals surface area contributed by atoms with E-state index in [9.17, 15) is 4.79 Å². The van der Waals surface area contributed by atoms with Crippen LogP contribution in [0.25, 0.3) is 0 Å². The molecule has 1 amide bonds. The summed E-state index contributed by atoms with van der Waals surface area (Å²) in [6.07, 6.45) is 4.40. The van der Waals surface area contributed by atoms with Crippen LogP contribution in [0.5, 0.6) is 0 Å². The van der Waals surface area contributed by atoms with E-state index in [0.29, 0.717) is 5.92 Å². The maximum atomic E-state index is 13.4. The number of hydrogen-bond acceptors (Lipinski definition) is 3. The number of para-hydroxylation sites is 1. The normalized spacial score (nSPS) is 23.6. The van der Waals surface area contributed by atoms with Gasteiger partial charge < -0.3 is 9.32 Å². The highest BCUT2D eigenvalue weighted by atomic mass is 16.3. The Morgan fingerprint density at radius 1 is 1.25 bits per heavy atom. The molecule has 0 unspecified atom stereocenters. The van der Waals surface area contributed by atoms with Crippen LogP contribution in [0.2, 0.25) is 0 Å². The Balaban J connectivity index is 1.64. The lowest BCUT2D eigenvalue weighted by molar-refractivity contribution is -0.122. The Hall–Kier alpha value is -2.07. The third kappa shape index (κ3) is 2.37. The van der Waals surface area contributed by atoms with Crippen LogP contribution < -0.4 is 4.90 Å². The van der Waals surface area contributed by atoms with Gasteiger partial charge in [-0.05, 0) is 36.6 Å². The smallest absolute Gasteiger partial charge is 0.239 e. The number of benzene rings is 1. The van der Waals surface area contributed by atoms with Gasteiger partial charge in [0.25, 0.3) is 0 Å². The molecule has 0 aliphatic carbocycles. The van der Waals surface area contributed by atoms with Gasteiger partial charge >= 0.3 is 0 Å². The van der Waals surface area contributed by atoms with E-state index in [4.69, 9.17) is 4.42 Å². The number of rotatable bonds is 4. The van der Waals surface area contributed by atoms with Crippen molar-refractivity contribution in [3.8, 4) is 0 Å². The maximum Gasteiger partial charge on any atom is 0.239 e. The van der Waals surface area contributed by atoms with Gasteiger partial charge in [-0.1, -0.05) is 32.0 Å². The number of carbonyl (C=O) groups excluding carboxylic acids is 1. The van der Waals surface area contributed by atoms with Gasteiger partial charge in [-0.15, -0.1) is 0 Å². The first-order valence-corrected chi connectivity index (χ1v) is 8.75. The summed E-state index contributed by atoms with van der Waals surface area (Å²) in [6.45, 7) is 7.71. The van der Waals surface area contributed by atoms with Crippen molar-refractivity contribution in [2.75, 3.05) is 24.5 Å². The van der Waals surface area contributed by atoms with Crippen molar-refractivity contribution >= 4 is 11.6 Å². The van der Waals surface area contributed by atoms with Crippen molar-refractivity contribution in [2.24, 2.45) is 5.92 Å². The molecule has 3 heterocycles. The van der Waals surface area contributed by atoms with Crippen molar-refractivity contribution < 1.29 is 9.21 Å². The molecule has 0 N–H and O–H groups in total. The van der Waals surface area contributed by atoms with Crippen LogP contribution in [0, 0.1) is 5.92 Å². The van der Waals surface area contributed by atoms with Crippen molar-refractivity contribution in [1.82, 2.24) is 4.90 Å². The lowest BCUT2D eigenvalue weighted by atomic mass is 9.81. The predicted molar refractivity (Wildman–Crippen MR) is 93.9 cm³/mol. The summed E-state index contributed by atoms with van der Waals surface area (Å²) >= 11 is 0. The van der Waals surface area contributed by atoms with E-state index in [1.165, 1.54) is 11.1 Å². The summed E-state index contributed by atoms with van der Waals surface area (Å²) < 4.78 is 5.18. The minimum atomic E-state index is -0.366. The molecule has 1 aromatic heterocycles. The average Bonchev–Trinajstić information content (AvgIpc) is 3.26. The quantitative estimate of drug-likeness (QED) is 0.864. The summed E-state index contributed by atoms with van der Waals surface area (Å²) in [5.41, 5.74) is 3.13. The first-order chi connectivity index (χ1) is 11.6. The molecule has 0 saturated carbocycles. The molecule has 1 saturated heterocycles. The van der Waals surface area contributed by atoms with E-state index in [-0.39, 0.29) is 11.3 Å². The molecule has 0 radical (unpaired) electrons. The Bertz CT molecular complexity index is 738. The van der Waals surface area contributed by atoms with E-state index in [1.807, 2.05) is 17.0 Å². The van der Waals surface area contributed by atoms with Crippen LogP contribution >= 0.6 is 0 Å². The third-order valence-electron chi connectivity index (χ3n) is 5.25. The molecule has 1 spiro atoms. The largest absolute Gasteiger partial charge is 0.472 e. The second kappa shape index (κ2) is 5.78. The van der Waals surface area contributed by atoms with Gasteiger partial charge in [-0.25, -0.2) is 0 Å². The van der Waals surface area contributed by atoms with Crippen LogP contribution in [0.3, 0.4) is 0 Å². The zero-order valence-electron chi connectivity index (χ0n) is 14.4. The lowest BCUT2D eigenvalue weighted by Crippen LogP contribution is -2.43. The van der Waals surface area contributed by atoms with E-state index in [0.717, 1.165) is 38.3 Å². The van der Waals surface area contributed by atoms with E-state index in [1.54, 1.807) is 12.5 Å². The van der Waals surface area contributed by atoms with Crippen LogP contribution in [-0.2, 0) is 16.8 Å². The highest BCUT2D eigenvalue weighted by molar-refractivity contribution is 6.08. The molecule has 4 rings (SSSR count). The van der Waals surface area contributed by atoms with Gasteiger partial charge in [0.2, 0.25) is 5.91 Å². The van der Waals surface area contributed by atoms with Gasteiger partial charge in [-0.2, -0.15) is 0 Å². The number of furan rings is 1. The maximum absolute atomic E-state index is 13.4. The van der Waals surface area contributed by atoms with Crippen LogP contribution in [-0.4, -0.2) is 30.4 Å². The number of carbonyl (C=O) groups is 1. The molecule has 2 aromatic rings. The second-order valence-electron chi connectivity index (χ2n) is 7.50. The van der Waals surface area contributed by atoms with Crippen molar-refractivity contribution in [3.63, 3.8) is 0 Å². The summed E-state index contributed by atoms with van der Waals surface area (Å²) in [4.78, 5) is 17.7. The molecule has 2 aliphatic heterocycles. The zero-order valence-corrected chi connectivity index (χ0v) is 14.4. The first-order valence-electron chi connectivity index (χ1n) is 8.75. The summed E-state index contributed by atoms with van der Waals surface area (Å²) in [5, 5.41) is 0. The fourth-order valence-electron chi connectivity index (χ4n) is 4.20. The number of amides is 1. The van der Waals surface area contributed by atoms with Crippen LogP contribution in [0.4, 0.5) is 5.69 Å². The molecule has 0 bridgehead atoms. The molecular formula is C20H24N2O2. The highest BCUT2D eigenvalue weighted by Gasteiger charge is 2.54. The number of anilines is 1. The molecular weight excluding hydrogens is 300 g/mol. The monoisotopic (exact) mass is 324 g/mol. The molecule has 1 aromatic carbocycles. The molecule has 126 valence electrons. The van der Waals surface area contributed by atoms with E-state index in [2.05, 4.69) is 36.9 Å². The Morgan fingerprint density at radius 2 is 2.08 bits per heavy atom. The molecule has 1 fully saturated rings. The molecule has 2 aliphatic rings. The Labute approximate surface area is 143 Å². The number of hydrogen-bond donors (Lipinski definition) is 0. The number of fused-ring (bicyclic) bond motifs is 2. The predicted octanol–water partition coefficient (Wildman–Crippen LogP) is 3.43. The van der Waals surface area contributed by atoms with Gasteiger partial charge in [0.05, 0.1) is 17.9 Å². The topological polar surface area (TPSA) is 36.7 Å². The van der Waals surface area contributed by atoms with Crippen LogP contribution in [0.1, 0.15) is 31.4 Å². The van der Waals surface area contributed by atoms with E-state index >= 15 is 0 Å². The Kier molecular flexibility index (Phi) is 3.72. The van der Waals surface area contributed by atoms with Gasteiger partial charge in [0.15, 0.2) is 0 Å². The number of likely N-dealkylation sites (tertiary alicyclic amines) is 1. The van der Waals surface area contributed by atoms with Gasteiger partial charge in [-0.3, -0.25) is 9.69 Å². The van der Waals surface area contributed by atoms with Crippen molar-refractivity contribution in [1.29, 1.82) is 0 Å². The average molecular weight is 324 g/mol. The molecule has 4 heteroatoms. The molecule has 24 heavy (non-hydrogen) atoms. The second-order valence-corrected chi connectivity index (χ2v) is 7.50. The number of nitrogens with zero attached hydrogens (tertiary/aromatic N) is 2. The third-order valence-corrected chi connectivity index (χ3v) is 5.25. The highest BCUT2D eigenvalue weighted by Crippen LogP contribution is 2.47. The minimum Gasteiger partial charge on any atom is -0.472 e. The standard InChI is InChI=1S/C20H24N2O2/c1-15(2)11-22-18-6-4-3-5-17(18)20(19(22)23)8-9-21(14-20)12-16-7-10-24-13-16/h3-7,10,13,15H,8-9,11-12,14H2,1-2H3/t20-/m1/s1. The molecule has 4 nitrogen and oxygen atoms in total. The van der Waals surface area contributed by atoms with Crippen molar-refractivity contribution in [3.05, 3.63) is 54.0 Å². The van der Waals surface area contributed by atoms with Gasteiger partial charge in [0, 0.05) is 30.9 Å². The SMILES string of the molecule is CC(C)CN1C(=O)[C@@]2(CCN(Cc3ccoc3)C2)c2ccccc21. The van der Waals surface area contributed by atoms with Crippen LogP contribution in [0.15, 0.2) is 47.3 Å². The lowest BCUT2D eigenvalue weighted by Gasteiger charge is -2.25. The Morgan fingerprint density at radius 3 is 2.83 bits per heavy atom. The van der Waals surface area contributed by atoms with E-state index < -0.39 is 0 Å². The zero-order chi connectivity index (χ0) is 16.7. The van der Waals surface area contributed by atoms with Crippen molar-refractivity contribution in [2.45, 2.75) is 32.2 Å². The summed E-state index contributed by atoms with van der Waals surface area (Å²) in [5.74, 6) is 0.743. The minimum absolute atomic E-state index is 0.284. The fraction of sp³-hybridized carbons (Fsp3) is 0.450. The first kappa shape index (κ1) is 15.5. The molecule has 1 atom stereocenters.